The Morgan fingerprint density at radius 1 is 1.50 bits per heavy atom. The monoisotopic (exact) mass is 270 g/mol. The second-order valence-corrected chi connectivity index (χ2v) is 6.81. The summed E-state index contributed by atoms with van der Waals surface area (Å²) in [6.45, 7) is 2.40. The number of nitrogens with two attached hydrogens (primary N) is 1. The van der Waals surface area contributed by atoms with Gasteiger partial charge in [0.1, 0.15) is 11.9 Å². The molecular weight excluding hydrogens is 252 g/mol. The lowest BCUT2D eigenvalue weighted by Gasteiger charge is -2.15. The topological polar surface area (TPSA) is 82.3 Å². The van der Waals surface area contributed by atoms with E-state index in [0.717, 1.165) is 11.4 Å². The highest BCUT2D eigenvalue weighted by Crippen LogP contribution is 2.23. The van der Waals surface area contributed by atoms with Gasteiger partial charge >= 0.3 is 0 Å². The Kier molecular flexibility index (Phi) is 3.87. The van der Waals surface area contributed by atoms with Crippen molar-refractivity contribution in [1.82, 2.24) is 4.98 Å². The van der Waals surface area contributed by atoms with E-state index in [0.29, 0.717) is 25.1 Å². The molecule has 1 aliphatic rings. The van der Waals surface area contributed by atoms with E-state index in [2.05, 4.69) is 4.98 Å². The molecule has 100 valence electrons. The maximum absolute atomic E-state index is 11.4. The van der Waals surface area contributed by atoms with Crippen LogP contribution in [0.25, 0.3) is 0 Å². The van der Waals surface area contributed by atoms with Crippen molar-refractivity contribution in [1.29, 1.82) is 0 Å². The average Bonchev–Trinajstić information content (AvgIpc) is 2.62. The molecule has 1 unspecified atom stereocenters. The maximum atomic E-state index is 11.4. The van der Waals surface area contributed by atoms with Crippen molar-refractivity contribution >= 4 is 9.84 Å². The maximum Gasteiger partial charge on any atom is 0.154 e. The van der Waals surface area contributed by atoms with Crippen molar-refractivity contribution in [3.8, 4) is 5.75 Å². The SMILES string of the molecule is Cc1ccc(OC2CCS(=O)(=O)C2)c(CCN)n1. The summed E-state index contributed by atoms with van der Waals surface area (Å²) in [4.78, 5) is 4.39. The molecular formula is C12H18N2O3S. The first-order chi connectivity index (χ1) is 8.50. The van der Waals surface area contributed by atoms with Crippen LogP contribution in [0, 0.1) is 6.92 Å². The number of pyridine rings is 1. The van der Waals surface area contributed by atoms with Crippen LogP contribution in [-0.2, 0) is 16.3 Å². The van der Waals surface area contributed by atoms with Crippen LogP contribution in [0.3, 0.4) is 0 Å². The second-order valence-electron chi connectivity index (χ2n) is 4.58. The van der Waals surface area contributed by atoms with E-state index in [1.165, 1.54) is 0 Å². The summed E-state index contributed by atoms with van der Waals surface area (Å²) in [5.41, 5.74) is 7.25. The fourth-order valence-electron chi connectivity index (χ4n) is 2.05. The van der Waals surface area contributed by atoms with Crippen LogP contribution in [0.15, 0.2) is 12.1 Å². The zero-order valence-corrected chi connectivity index (χ0v) is 11.2. The van der Waals surface area contributed by atoms with Gasteiger partial charge in [0.25, 0.3) is 0 Å². The van der Waals surface area contributed by atoms with Crippen LogP contribution in [-0.4, -0.2) is 37.6 Å². The van der Waals surface area contributed by atoms with Crippen molar-refractivity contribution in [3.63, 3.8) is 0 Å². The van der Waals surface area contributed by atoms with Gasteiger partial charge in [0, 0.05) is 12.1 Å². The number of aromatic nitrogens is 1. The largest absolute Gasteiger partial charge is 0.487 e. The molecule has 2 N–H and O–H groups in total. The first kappa shape index (κ1) is 13.3. The minimum atomic E-state index is -2.92. The lowest BCUT2D eigenvalue weighted by Crippen LogP contribution is -2.19. The zero-order valence-electron chi connectivity index (χ0n) is 10.4. The van der Waals surface area contributed by atoms with Crippen LogP contribution in [0.2, 0.25) is 0 Å². The van der Waals surface area contributed by atoms with Crippen LogP contribution in [0.1, 0.15) is 17.8 Å². The van der Waals surface area contributed by atoms with Crippen molar-refractivity contribution in [2.75, 3.05) is 18.1 Å². The third kappa shape index (κ3) is 3.20. The van der Waals surface area contributed by atoms with Gasteiger partial charge in [-0.25, -0.2) is 8.42 Å². The highest BCUT2D eigenvalue weighted by atomic mass is 32.2. The molecule has 0 aliphatic carbocycles. The van der Waals surface area contributed by atoms with Crippen LogP contribution >= 0.6 is 0 Å². The van der Waals surface area contributed by atoms with Crippen LogP contribution in [0.5, 0.6) is 5.75 Å². The molecule has 1 aliphatic heterocycles. The molecule has 5 nitrogen and oxygen atoms in total. The van der Waals surface area contributed by atoms with E-state index < -0.39 is 9.84 Å². The smallest absolute Gasteiger partial charge is 0.154 e. The van der Waals surface area contributed by atoms with E-state index >= 15 is 0 Å². The third-order valence-corrected chi connectivity index (χ3v) is 4.67. The van der Waals surface area contributed by atoms with Crippen molar-refractivity contribution in [3.05, 3.63) is 23.5 Å². The van der Waals surface area contributed by atoms with Gasteiger partial charge in [0.05, 0.1) is 17.2 Å². The fraction of sp³-hybridized carbons (Fsp3) is 0.583. The second kappa shape index (κ2) is 5.24. The van der Waals surface area contributed by atoms with Crippen LogP contribution in [0.4, 0.5) is 0 Å². The number of rotatable bonds is 4. The number of ether oxygens (including phenoxy) is 1. The number of nitrogens with zero attached hydrogens (tertiary/aromatic N) is 1. The molecule has 6 heteroatoms. The molecule has 1 aromatic rings. The van der Waals surface area contributed by atoms with Crippen LogP contribution < -0.4 is 10.5 Å². The van der Waals surface area contributed by atoms with E-state index in [1.807, 2.05) is 19.1 Å². The highest BCUT2D eigenvalue weighted by Gasteiger charge is 2.29. The summed E-state index contributed by atoms with van der Waals surface area (Å²) in [5, 5.41) is 0. The van der Waals surface area contributed by atoms with E-state index in [1.54, 1.807) is 0 Å². The normalized spacial score (nSPS) is 22.0. The quantitative estimate of drug-likeness (QED) is 0.859. The predicted molar refractivity (Wildman–Crippen MR) is 69.4 cm³/mol. The molecule has 1 atom stereocenters. The standard InChI is InChI=1S/C12H18N2O3S/c1-9-2-3-12(11(14-9)4-6-13)17-10-5-7-18(15,16)8-10/h2-3,10H,4-8,13H2,1H3. The Morgan fingerprint density at radius 2 is 2.28 bits per heavy atom. The fourth-order valence-corrected chi connectivity index (χ4v) is 3.64. The number of hydrogen-bond donors (Lipinski definition) is 1. The summed E-state index contributed by atoms with van der Waals surface area (Å²) in [7, 11) is -2.92. The zero-order chi connectivity index (χ0) is 13.2. The molecule has 1 aromatic heterocycles. The van der Waals surface area contributed by atoms with Crippen molar-refractivity contribution in [2.24, 2.45) is 5.73 Å². The summed E-state index contributed by atoms with van der Waals surface area (Å²) in [6.07, 6.45) is 0.936. The molecule has 0 spiro atoms. The minimum Gasteiger partial charge on any atom is -0.487 e. The third-order valence-electron chi connectivity index (χ3n) is 2.94. The molecule has 0 radical (unpaired) electrons. The Morgan fingerprint density at radius 3 is 2.89 bits per heavy atom. The first-order valence-electron chi connectivity index (χ1n) is 6.04. The number of sulfone groups is 1. The molecule has 2 heterocycles. The lowest BCUT2D eigenvalue weighted by atomic mass is 10.2. The molecule has 0 aromatic carbocycles. The van der Waals surface area contributed by atoms with Gasteiger partial charge < -0.3 is 10.5 Å². The van der Waals surface area contributed by atoms with Gasteiger partial charge in [0.2, 0.25) is 0 Å². The predicted octanol–water partition coefficient (Wildman–Crippen LogP) is 0.457. The van der Waals surface area contributed by atoms with E-state index in [9.17, 15) is 8.42 Å². The summed E-state index contributed by atoms with van der Waals surface area (Å²) in [6, 6.07) is 3.71. The summed E-state index contributed by atoms with van der Waals surface area (Å²) >= 11 is 0. The first-order valence-corrected chi connectivity index (χ1v) is 7.86. The number of hydrogen-bond acceptors (Lipinski definition) is 5. The Labute approximate surface area is 107 Å². The molecule has 0 saturated carbocycles. The minimum absolute atomic E-state index is 0.100. The van der Waals surface area contributed by atoms with Gasteiger partial charge in [-0.2, -0.15) is 0 Å². The molecule has 0 bridgehead atoms. The molecule has 0 amide bonds. The summed E-state index contributed by atoms with van der Waals surface area (Å²) < 4.78 is 28.5. The van der Waals surface area contributed by atoms with Gasteiger partial charge in [-0.15, -0.1) is 0 Å². The van der Waals surface area contributed by atoms with Crippen molar-refractivity contribution < 1.29 is 13.2 Å². The molecule has 18 heavy (non-hydrogen) atoms. The van der Waals surface area contributed by atoms with Gasteiger partial charge in [-0.05, 0) is 32.0 Å². The van der Waals surface area contributed by atoms with Crippen molar-refractivity contribution in [2.45, 2.75) is 25.9 Å². The highest BCUT2D eigenvalue weighted by molar-refractivity contribution is 7.91. The van der Waals surface area contributed by atoms with Gasteiger partial charge in [-0.1, -0.05) is 0 Å². The lowest BCUT2D eigenvalue weighted by molar-refractivity contribution is 0.225. The summed E-state index contributed by atoms with van der Waals surface area (Å²) in [5.74, 6) is 0.972. The number of aryl methyl sites for hydroxylation is 1. The molecule has 1 fully saturated rings. The molecule has 2 rings (SSSR count). The van der Waals surface area contributed by atoms with Gasteiger partial charge in [0.15, 0.2) is 9.84 Å². The average molecular weight is 270 g/mol. The Bertz CT molecular complexity index is 528. The Balaban J connectivity index is 2.14. The van der Waals surface area contributed by atoms with Gasteiger partial charge in [-0.3, -0.25) is 4.98 Å². The van der Waals surface area contributed by atoms with E-state index in [4.69, 9.17) is 10.5 Å². The van der Waals surface area contributed by atoms with E-state index in [-0.39, 0.29) is 17.6 Å². The molecule has 1 saturated heterocycles. The Hall–Kier alpha value is -1.14.